The van der Waals surface area contributed by atoms with Crippen molar-refractivity contribution in [3.05, 3.63) is 52.7 Å². The van der Waals surface area contributed by atoms with Crippen LogP contribution in [0.2, 0.25) is 0 Å². The summed E-state index contributed by atoms with van der Waals surface area (Å²) in [4.78, 5) is 15.4. The summed E-state index contributed by atoms with van der Waals surface area (Å²) in [7, 11) is 1.82. The van der Waals surface area contributed by atoms with E-state index in [-0.39, 0.29) is 17.4 Å². The van der Waals surface area contributed by atoms with Crippen molar-refractivity contribution in [2.24, 2.45) is 5.41 Å². The van der Waals surface area contributed by atoms with E-state index >= 15 is 0 Å². The van der Waals surface area contributed by atoms with Crippen molar-refractivity contribution in [1.29, 1.82) is 0 Å². The Morgan fingerprint density at radius 2 is 1.86 bits per heavy atom. The number of rotatable bonds is 5. The number of anilines is 1. The summed E-state index contributed by atoms with van der Waals surface area (Å²) < 4.78 is 0. The fraction of sp³-hybridized carbons (Fsp3) is 0.389. The normalized spacial score (nSPS) is 12.9. The van der Waals surface area contributed by atoms with E-state index in [0.29, 0.717) is 6.54 Å². The van der Waals surface area contributed by atoms with Crippen LogP contribution in [0.4, 0.5) is 5.69 Å². The Balaban J connectivity index is 2.02. The predicted molar refractivity (Wildman–Crippen MR) is 94.4 cm³/mol. The molecule has 118 valence electrons. The third kappa shape index (κ3) is 4.18. The molecular formula is C18H24N2OS. The van der Waals surface area contributed by atoms with Crippen LogP contribution in [-0.2, 0) is 4.79 Å². The van der Waals surface area contributed by atoms with E-state index in [1.165, 1.54) is 4.88 Å². The highest BCUT2D eigenvalue weighted by atomic mass is 32.1. The predicted octanol–water partition coefficient (Wildman–Crippen LogP) is 4.09. The first-order chi connectivity index (χ1) is 10.4. The first kappa shape index (κ1) is 16.7. The number of likely N-dealkylation sites (N-methyl/N-ethyl adjacent to an activating group) is 1. The van der Waals surface area contributed by atoms with Crippen LogP contribution in [0.3, 0.4) is 0 Å². The highest BCUT2D eigenvalue weighted by Gasteiger charge is 2.27. The number of hydrogen-bond acceptors (Lipinski definition) is 3. The molecule has 1 aromatic heterocycles. The lowest BCUT2D eigenvalue weighted by Crippen LogP contribution is -2.40. The quantitative estimate of drug-likeness (QED) is 0.901. The lowest BCUT2D eigenvalue weighted by Gasteiger charge is -2.31. The molecule has 0 aliphatic rings. The molecule has 0 aliphatic carbocycles. The van der Waals surface area contributed by atoms with Gasteiger partial charge in [0.05, 0.1) is 6.54 Å². The Morgan fingerprint density at radius 3 is 2.41 bits per heavy atom. The smallest absolute Gasteiger partial charge is 0.240 e. The molecule has 1 heterocycles. The fourth-order valence-electron chi connectivity index (χ4n) is 2.39. The summed E-state index contributed by atoms with van der Waals surface area (Å²) in [6, 6.07) is 14.1. The third-order valence-electron chi connectivity index (χ3n) is 3.67. The molecule has 1 atom stereocenters. The molecule has 1 N–H and O–H groups in total. The molecule has 2 rings (SSSR count). The average molecular weight is 316 g/mol. The van der Waals surface area contributed by atoms with E-state index in [9.17, 15) is 4.79 Å². The number of benzene rings is 1. The third-order valence-corrected chi connectivity index (χ3v) is 4.61. The van der Waals surface area contributed by atoms with Gasteiger partial charge in [-0.25, -0.2) is 0 Å². The molecule has 1 aromatic carbocycles. The Labute approximate surface area is 137 Å². The van der Waals surface area contributed by atoms with Gasteiger partial charge >= 0.3 is 0 Å². The average Bonchev–Trinajstić information content (AvgIpc) is 3.00. The van der Waals surface area contributed by atoms with Crippen molar-refractivity contribution in [3.8, 4) is 0 Å². The second-order valence-corrected chi connectivity index (χ2v) is 7.46. The number of carbonyl (C=O) groups excluding carboxylic acids is 1. The Bertz CT molecular complexity index is 587. The van der Waals surface area contributed by atoms with Gasteiger partial charge < -0.3 is 10.2 Å². The maximum atomic E-state index is 12.4. The number of carbonyl (C=O) groups is 1. The zero-order valence-electron chi connectivity index (χ0n) is 13.7. The number of hydrogen-bond donors (Lipinski definition) is 1. The molecule has 22 heavy (non-hydrogen) atoms. The second kappa shape index (κ2) is 7.07. The summed E-state index contributed by atoms with van der Waals surface area (Å²) in [6.07, 6.45) is 0. The van der Waals surface area contributed by atoms with Crippen LogP contribution in [0.25, 0.3) is 0 Å². The molecule has 0 saturated carbocycles. The van der Waals surface area contributed by atoms with Crippen LogP contribution in [0.1, 0.15) is 31.7 Å². The highest BCUT2D eigenvalue weighted by Crippen LogP contribution is 2.34. The Kier molecular flexibility index (Phi) is 5.37. The minimum atomic E-state index is 0.0520. The summed E-state index contributed by atoms with van der Waals surface area (Å²) in [5.74, 6) is 0.0667. The van der Waals surface area contributed by atoms with E-state index in [0.717, 1.165) is 5.69 Å². The molecule has 1 amide bonds. The lowest BCUT2D eigenvalue weighted by molar-refractivity contribution is -0.117. The van der Waals surface area contributed by atoms with Gasteiger partial charge in [-0.05, 0) is 29.0 Å². The summed E-state index contributed by atoms with van der Waals surface area (Å²) in [5.41, 5.74) is 0.967. The van der Waals surface area contributed by atoms with Crippen LogP contribution in [0.15, 0.2) is 47.8 Å². The number of para-hydroxylation sites is 1. The highest BCUT2D eigenvalue weighted by molar-refractivity contribution is 7.10. The fourth-order valence-corrected chi connectivity index (χ4v) is 3.44. The first-order valence-corrected chi connectivity index (χ1v) is 8.36. The van der Waals surface area contributed by atoms with Gasteiger partial charge in [0.1, 0.15) is 0 Å². The van der Waals surface area contributed by atoms with Gasteiger partial charge in [0.25, 0.3) is 0 Å². The molecule has 0 spiro atoms. The SMILES string of the molecule is CN(C(=O)CNC(c1cccs1)C(C)(C)C)c1ccccc1. The number of nitrogens with zero attached hydrogens (tertiary/aromatic N) is 1. The molecule has 0 radical (unpaired) electrons. The van der Waals surface area contributed by atoms with Crippen molar-refractivity contribution in [3.63, 3.8) is 0 Å². The molecule has 0 saturated heterocycles. The maximum absolute atomic E-state index is 12.4. The van der Waals surface area contributed by atoms with Crippen molar-refractivity contribution >= 4 is 22.9 Å². The van der Waals surface area contributed by atoms with Gasteiger partial charge in [0.2, 0.25) is 5.91 Å². The van der Waals surface area contributed by atoms with Crippen LogP contribution in [0, 0.1) is 5.41 Å². The van der Waals surface area contributed by atoms with E-state index in [1.54, 1.807) is 16.2 Å². The Morgan fingerprint density at radius 1 is 1.18 bits per heavy atom. The zero-order chi connectivity index (χ0) is 16.2. The summed E-state index contributed by atoms with van der Waals surface area (Å²) in [5, 5.41) is 5.51. The van der Waals surface area contributed by atoms with Crippen molar-refractivity contribution in [2.45, 2.75) is 26.8 Å². The second-order valence-electron chi connectivity index (χ2n) is 6.48. The molecule has 1 unspecified atom stereocenters. The van der Waals surface area contributed by atoms with E-state index < -0.39 is 0 Å². The summed E-state index contributed by atoms with van der Waals surface area (Å²) in [6.45, 7) is 6.90. The van der Waals surface area contributed by atoms with Crippen LogP contribution < -0.4 is 10.2 Å². The minimum absolute atomic E-state index is 0.0520. The van der Waals surface area contributed by atoms with Crippen LogP contribution in [-0.4, -0.2) is 19.5 Å². The first-order valence-electron chi connectivity index (χ1n) is 7.48. The van der Waals surface area contributed by atoms with Crippen molar-refractivity contribution < 1.29 is 4.79 Å². The van der Waals surface area contributed by atoms with Gasteiger partial charge in [-0.1, -0.05) is 45.0 Å². The van der Waals surface area contributed by atoms with Crippen LogP contribution in [0.5, 0.6) is 0 Å². The van der Waals surface area contributed by atoms with Crippen molar-refractivity contribution in [2.75, 3.05) is 18.5 Å². The zero-order valence-corrected chi connectivity index (χ0v) is 14.5. The molecule has 0 bridgehead atoms. The van der Waals surface area contributed by atoms with Crippen molar-refractivity contribution in [1.82, 2.24) is 5.32 Å². The van der Waals surface area contributed by atoms with Gasteiger partial charge in [-0.2, -0.15) is 0 Å². The van der Waals surface area contributed by atoms with Gasteiger partial charge in [-0.3, -0.25) is 4.79 Å². The van der Waals surface area contributed by atoms with E-state index in [4.69, 9.17) is 0 Å². The van der Waals surface area contributed by atoms with Gasteiger partial charge in [0.15, 0.2) is 0 Å². The van der Waals surface area contributed by atoms with E-state index in [2.05, 4.69) is 43.6 Å². The standard InChI is InChI=1S/C18H24N2OS/c1-18(2,3)17(15-11-8-12-22-15)19-13-16(21)20(4)14-9-6-5-7-10-14/h5-12,17,19H,13H2,1-4H3. The molecule has 2 aromatic rings. The topological polar surface area (TPSA) is 32.3 Å². The molecule has 4 heteroatoms. The molecule has 3 nitrogen and oxygen atoms in total. The minimum Gasteiger partial charge on any atom is -0.314 e. The van der Waals surface area contributed by atoms with Gasteiger partial charge in [-0.15, -0.1) is 11.3 Å². The number of thiophene rings is 1. The number of amides is 1. The summed E-state index contributed by atoms with van der Waals surface area (Å²) >= 11 is 1.73. The molecular weight excluding hydrogens is 292 g/mol. The maximum Gasteiger partial charge on any atom is 0.240 e. The molecule has 0 aliphatic heterocycles. The largest absolute Gasteiger partial charge is 0.314 e. The monoisotopic (exact) mass is 316 g/mol. The van der Waals surface area contributed by atoms with E-state index in [1.807, 2.05) is 37.4 Å². The molecule has 0 fully saturated rings. The lowest BCUT2D eigenvalue weighted by atomic mass is 9.86. The Hall–Kier alpha value is -1.65. The van der Waals surface area contributed by atoms with Crippen LogP contribution >= 0.6 is 11.3 Å². The van der Waals surface area contributed by atoms with Gasteiger partial charge in [0, 0.05) is 23.7 Å². The number of nitrogens with one attached hydrogen (secondary N) is 1.